The number of benzene rings is 2. The van der Waals surface area contributed by atoms with Gasteiger partial charge in [0.25, 0.3) is 0 Å². The van der Waals surface area contributed by atoms with Crippen molar-refractivity contribution < 1.29 is 9.47 Å². The first-order chi connectivity index (χ1) is 11.3. The largest absolute Gasteiger partial charge is 0.497 e. The number of hydrogen-bond donors (Lipinski definition) is 0. The Morgan fingerprint density at radius 3 is 2.43 bits per heavy atom. The van der Waals surface area contributed by atoms with E-state index in [1.54, 1.807) is 11.9 Å². The number of methoxy groups -OCH3 is 1. The van der Waals surface area contributed by atoms with E-state index in [1.807, 2.05) is 54.6 Å². The predicted molar refractivity (Wildman–Crippen MR) is 86.4 cm³/mol. The molecule has 0 fully saturated rings. The minimum Gasteiger partial charge on any atom is -0.497 e. The quantitative estimate of drug-likeness (QED) is 0.628. The maximum absolute atomic E-state index is 5.67. The summed E-state index contributed by atoms with van der Waals surface area (Å²) in [6.45, 7) is 1.25. The van der Waals surface area contributed by atoms with E-state index >= 15 is 0 Å². The van der Waals surface area contributed by atoms with Crippen LogP contribution in [0.5, 0.6) is 11.5 Å². The highest BCUT2D eigenvalue weighted by molar-refractivity contribution is 5.52. The van der Waals surface area contributed by atoms with Crippen LogP contribution in [0.2, 0.25) is 0 Å². The van der Waals surface area contributed by atoms with E-state index in [-0.39, 0.29) is 0 Å². The van der Waals surface area contributed by atoms with Crippen LogP contribution in [-0.2, 0) is 6.54 Å². The lowest BCUT2D eigenvalue weighted by atomic mass is 10.2. The van der Waals surface area contributed by atoms with Gasteiger partial charge in [0, 0.05) is 12.0 Å². The summed E-state index contributed by atoms with van der Waals surface area (Å²) in [7, 11) is 1.64. The Hall–Kier alpha value is -2.89. The van der Waals surface area contributed by atoms with Gasteiger partial charge in [0.1, 0.15) is 11.5 Å². The maximum atomic E-state index is 5.67. The Balaban J connectivity index is 1.46. The van der Waals surface area contributed by atoms with Gasteiger partial charge in [0.05, 0.1) is 20.3 Å². The number of hydrogen-bond acceptors (Lipinski definition) is 5. The average Bonchev–Trinajstić information content (AvgIpc) is 3.09. The van der Waals surface area contributed by atoms with Gasteiger partial charge in [-0.2, -0.15) is 4.80 Å². The zero-order chi connectivity index (χ0) is 15.9. The summed E-state index contributed by atoms with van der Waals surface area (Å²) in [6.07, 6.45) is 0.802. The normalized spacial score (nSPS) is 10.5. The van der Waals surface area contributed by atoms with E-state index < -0.39 is 0 Å². The number of rotatable bonds is 7. The fourth-order valence-corrected chi connectivity index (χ4v) is 2.11. The second-order valence-corrected chi connectivity index (χ2v) is 4.95. The van der Waals surface area contributed by atoms with Crippen molar-refractivity contribution in [1.82, 2.24) is 20.2 Å². The summed E-state index contributed by atoms with van der Waals surface area (Å²) < 4.78 is 10.8. The number of tetrazole rings is 1. The predicted octanol–water partition coefficient (Wildman–Crippen LogP) is 2.82. The summed E-state index contributed by atoms with van der Waals surface area (Å²) >= 11 is 0. The molecule has 0 aliphatic carbocycles. The second-order valence-electron chi connectivity index (χ2n) is 4.95. The first kappa shape index (κ1) is 15.0. The molecule has 0 atom stereocenters. The lowest BCUT2D eigenvalue weighted by molar-refractivity contribution is 0.292. The Labute approximate surface area is 134 Å². The molecule has 0 saturated carbocycles. The molecule has 0 bridgehead atoms. The summed E-state index contributed by atoms with van der Waals surface area (Å²) in [6, 6.07) is 17.3. The molecular formula is C17H18N4O2. The van der Waals surface area contributed by atoms with Crippen LogP contribution in [0.4, 0.5) is 0 Å². The number of aryl methyl sites for hydroxylation is 1. The molecule has 1 aromatic heterocycles. The van der Waals surface area contributed by atoms with Crippen molar-refractivity contribution in [1.29, 1.82) is 0 Å². The summed E-state index contributed by atoms with van der Waals surface area (Å²) in [5.74, 6) is 2.28. The van der Waals surface area contributed by atoms with Crippen LogP contribution in [-0.4, -0.2) is 33.9 Å². The van der Waals surface area contributed by atoms with Crippen molar-refractivity contribution in [3.8, 4) is 22.9 Å². The monoisotopic (exact) mass is 310 g/mol. The molecule has 0 aliphatic rings. The minimum atomic E-state index is 0.592. The van der Waals surface area contributed by atoms with E-state index in [0.717, 1.165) is 23.5 Å². The van der Waals surface area contributed by atoms with Crippen LogP contribution in [0.15, 0.2) is 54.6 Å². The Morgan fingerprint density at radius 2 is 1.70 bits per heavy atom. The van der Waals surface area contributed by atoms with E-state index in [2.05, 4.69) is 15.4 Å². The van der Waals surface area contributed by atoms with Crippen molar-refractivity contribution in [2.75, 3.05) is 13.7 Å². The maximum Gasteiger partial charge on any atom is 0.204 e. The number of nitrogens with zero attached hydrogens (tertiary/aromatic N) is 4. The molecule has 0 N–H and O–H groups in total. The van der Waals surface area contributed by atoms with Gasteiger partial charge in [0.2, 0.25) is 5.82 Å². The summed E-state index contributed by atoms with van der Waals surface area (Å²) in [4.78, 5) is 1.60. The molecule has 118 valence electrons. The fourth-order valence-electron chi connectivity index (χ4n) is 2.11. The summed E-state index contributed by atoms with van der Waals surface area (Å²) in [5, 5.41) is 12.5. The number of ether oxygens (including phenoxy) is 2. The van der Waals surface area contributed by atoms with Crippen LogP contribution in [0, 0.1) is 0 Å². The van der Waals surface area contributed by atoms with Crippen LogP contribution in [0.1, 0.15) is 6.42 Å². The van der Waals surface area contributed by atoms with Gasteiger partial charge in [-0.15, -0.1) is 10.2 Å². The van der Waals surface area contributed by atoms with Gasteiger partial charge in [-0.25, -0.2) is 0 Å². The van der Waals surface area contributed by atoms with Crippen LogP contribution in [0.25, 0.3) is 11.4 Å². The van der Waals surface area contributed by atoms with Gasteiger partial charge in [-0.3, -0.25) is 0 Å². The molecule has 6 nitrogen and oxygen atoms in total. The smallest absolute Gasteiger partial charge is 0.204 e. The van der Waals surface area contributed by atoms with Gasteiger partial charge in [0.15, 0.2) is 0 Å². The molecule has 1 heterocycles. The molecule has 23 heavy (non-hydrogen) atoms. The second kappa shape index (κ2) is 7.40. The highest BCUT2D eigenvalue weighted by atomic mass is 16.5. The third-order valence-electron chi connectivity index (χ3n) is 3.32. The van der Waals surface area contributed by atoms with Crippen molar-refractivity contribution in [3.63, 3.8) is 0 Å². The van der Waals surface area contributed by atoms with Crippen molar-refractivity contribution in [2.24, 2.45) is 0 Å². The Morgan fingerprint density at radius 1 is 0.957 bits per heavy atom. The van der Waals surface area contributed by atoms with Gasteiger partial charge in [-0.1, -0.05) is 30.3 Å². The molecule has 0 spiro atoms. The van der Waals surface area contributed by atoms with E-state index in [1.165, 1.54) is 0 Å². The Kier molecular flexibility index (Phi) is 4.83. The molecular weight excluding hydrogens is 292 g/mol. The first-order valence-electron chi connectivity index (χ1n) is 7.45. The van der Waals surface area contributed by atoms with E-state index in [0.29, 0.717) is 19.0 Å². The van der Waals surface area contributed by atoms with Crippen LogP contribution >= 0.6 is 0 Å². The molecule has 6 heteroatoms. The van der Waals surface area contributed by atoms with E-state index in [9.17, 15) is 0 Å². The minimum absolute atomic E-state index is 0.592. The molecule has 0 unspecified atom stereocenters. The average molecular weight is 310 g/mol. The third kappa shape index (κ3) is 4.06. The van der Waals surface area contributed by atoms with Crippen LogP contribution < -0.4 is 9.47 Å². The van der Waals surface area contributed by atoms with E-state index in [4.69, 9.17) is 9.47 Å². The Bertz CT molecular complexity index is 726. The van der Waals surface area contributed by atoms with Crippen LogP contribution in [0.3, 0.4) is 0 Å². The SMILES string of the molecule is COc1ccc(OCCCn2nnc(-c3ccccc3)n2)cc1. The lowest BCUT2D eigenvalue weighted by Gasteiger charge is -2.06. The van der Waals surface area contributed by atoms with Crippen molar-refractivity contribution >= 4 is 0 Å². The third-order valence-corrected chi connectivity index (χ3v) is 3.32. The first-order valence-corrected chi connectivity index (χ1v) is 7.45. The fraction of sp³-hybridized carbons (Fsp3) is 0.235. The molecule has 2 aromatic carbocycles. The lowest BCUT2D eigenvalue weighted by Crippen LogP contribution is -2.07. The van der Waals surface area contributed by atoms with Gasteiger partial charge >= 0.3 is 0 Å². The molecule has 0 radical (unpaired) electrons. The standard InChI is InChI=1S/C17H18N4O2/c1-22-15-8-10-16(11-9-15)23-13-5-12-21-19-17(18-20-21)14-6-3-2-4-7-14/h2-4,6-11H,5,12-13H2,1H3. The molecule has 3 aromatic rings. The van der Waals surface area contributed by atoms with Crippen molar-refractivity contribution in [2.45, 2.75) is 13.0 Å². The highest BCUT2D eigenvalue weighted by Crippen LogP contribution is 2.17. The highest BCUT2D eigenvalue weighted by Gasteiger charge is 2.04. The molecule has 0 aliphatic heterocycles. The van der Waals surface area contributed by atoms with Gasteiger partial charge < -0.3 is 9.47 Å². The van der Waals surface area contributed by atoms with Crippen molar-refractivity contribution in [3.05, 3.63) is 54.6 Å². The summed E-state index contributed by atoms with van der Waals surface area (Å²) in [5.41, 5.74) is 0.966. The zero-order valence-corrected chi connectivity index (χ0v) is 12.9. The molecule has 0 saturated heterocycles. The zero-order valence-electron chi connectivity index (χ0n) is 12.9. The molecule has 0 amide bonds. The van der Waals surface area contributed by atoms with Gasteiger partial charge in [-0.05, 0) is 29.5 Å². The molecule has 3 rings (SSSR count). The topological polar surface area (TPSA) is 62.1 Å². The number of aromatic nitrogens is 4.